The van der Waals surface area contributed by atoms with Crippen LogP contribution in [0.25, 0.3) is 21.2 Å². The number of furan rings is 1. The molecular weight excluding hydrogens is 426 g/mol. The first kappa shape index (κ1) is 18.2. The highest BCUT2D eigenvalue weighted by Gasteiger charge is 2.24. The summed E-state index contributed by atoms with van der Waals surface area (Å²) < 4.78 is 7.82. The van der Waals surface area contributed by atoms with Crippen LogP contribution < -0.4 is 4.90 Å². The molecule has 2 aromatic heterocycles. The lowest BCUT2D eigenvalue weighted by atomic mass is 10.2. The zero-order valence-corrected chi connectivity index (χ0v) is 17.4. The molecule has 7 heteroatoms. The van der Waals surface area contributed by atoms with Crippen LogP contribution in [-0.4, -0.2) is 43.0 Å². The van der Waals surface area contributed by atoms with Crippen molar-refractivity contribution in [2.45, 2.75) is 0 Å². The largest absolute Gasteiger partial charge is 0.451 e. The van der Waals surface area contributed by atoms with Gasteiger partial charge in [0, 0.05) is 22.9 Å². The Bertz CT molecular complexity index is 1090. The van der Waals surface area contributed by atoms with E-state index < -0.39 is 0 Å². The van der Waals surface area contributed by atoms with Crippen LogP contribution in [-0.2, 0) is 0 Å². The molecule has 138 valence electrons. The lowest BCUT2D eigenvalue weighted by molar-refractivity contribution is 0.0960. The number of aromatic nitrogens is 1. The van der Waals surface area contributed by atoms with Crippen LogP contribution in [0.2, 0.25) is 0 Å². The van der Waals surface area contributed by atoms with Crippen LogP contribution in [0, 0.1) is 0 Å². The molecular formula is C20H18BrN3O2S. The van der Waals surface area contributed by atoms with Gasteiger partial charge in [-0.1, -0.05) is 45.5 Å². The van der Waals surface area contributed by atoms with Crippen molar-refractivity contribution in [2.24, 2.45) is 0 Å². The molecule has 0 unspecified atom stereocenters. The van der Waals surface area contributed by atoms with Crippen LogP contribution in [0.5, 0.6) is 0 Å². The summed E-state index contributed by atoms with van der Waals surface area (Å²) >= 11 is 5.00. The fourth-order valence-electron chi connectivity index (χ4n) is 2.81. The van der Waals surface area contributed by atoms with Gasteiger partial charge in [-0.05, 0) is 44.4 Å². The quantitative estimate of drug-likeness (QED) is 0.434. The second kappa shape index (κ2) is 7.42. The molecule has 0 aliphatic carbocycles. The van der Waals surface area contributed by atoms with Gasteiger partial charge in [0.1, 0.15) is 5.58 Å². The molecule has 4 rings (SSSR count). The number of carbonyl (C=O) groups excluding carboxylic acids is 1. The molecule has 1 amide bonds. The van der Waals surface area contributed by atoms with Crippen molar-refractivity contribution >= 4 is 59.5 Å². The van der Waals surface area contributed by atoms with E-state index in [9.17, 15) is 4.79 Å². The number of nitrogens with zero attached hydrogens (tertiary/aromatic N) is 3. The second-order valence-electron chi connectivity index (χ2n) is 6.52. The number of hydrogen-bond acceptors (Lipinski definition) is 5. The van der Waals surface area contributed by atoms with Gasteiger partial charge >= 0.3 is 0 Å². The highest BCUT2D eigenvalue weighted by molar-refractivity contribution is 9.10. The Labute approximate surface area is 169 Å². The van der Waals surface area contributed by atoms with Crippen LogP contribution >= 0.6 is 27.3 Å². The summed E-state index contributed by atoms with van der Waals surface area (Å²) in [7, 11) is 3.97. The zero-order chi connectivity index (χ0) is 19.0. The lowest BCUT2D eigenvalue weighted by Gasteiger charge is -2.20. The number of fused-ring (bicyclic) bond motifs is 2. The lowest BCUT2D eigenvalue weighted by Crippen LogP contribution is -2.36. The van der Waals surface area contributed by atoms with Crippen LogP contribution in [0.4, 0.5) is 5.13 Å². The van der Waals surface area contributed by atoms with Gasteiger partial charge in [0.2, 0.25) is 0 Å². The van der Waals surface area contributed by atoms with Crippen molar-refractivity contribution in [1.29, 1.82) is 0 Å². The van der Waals surface area contributed by atoms with Crippen molar-refractivity contribution in [3.05, 3.63) is 58.8 Å². The number of anilines is 1. The first-order valence-corrected chi connectivity index (χ1v) is 10.1. The Morgan fingerprint density at radius 3 is 2.74 bits per heavy atom. The number of rotatable bonds is 5. The predicted molar refractivity (Wildman–Crippen MR) is 114 cm³/mol. The number of thiazole rings is 1. The molecule has 0 saturated carbocycles. The number of hydrogen-bond donors (Lipinski definition) is 0. The molecule has 5 nitrogen and oxygen atoms in total. The van der Waals surface area contributed by atoms with E-state index in [-0.39, 0.29) is 5.91 Å². The molecule has 0 radical (unpaired) electrons. The Morgan fingerprint density at radius 2 is 1.96 bits per heavy atom. The Morgan fingerprint density at radius 1 is 1.15 bits per heavy atom. The minimum absolute atomic E-state index is 0.175. The first-order chi connectivity index (χ1) is 13.0. The SMILES string of the molecule is CN(C)CCN(C(=O)c1cc2ccccc2o1)c1nc2ccc(Br)cc2s1. The Balaban J connectivity index is 1.73. The third kappa shape index (κ3) is 3.76. The Hall–Kier alpha value is -2.22. The third-order valence-electron chi connectivity index (χ3n) is 4.22. The fourth-order valence-corrected chi connectivity index (χ4v) is 4.35. The number of para-hydroxylation sites is 1. The molecule has 0 spiro atoms. The van der Waals surface area contributed by atoms with Crippen LogP contribution in [0.3, 0.4) is 0 Å². The monoisotopic (exact) mass is 443 g/mol. The third-order valence-corrected chi connectivity index (χ3v) is 5.76. The van der Waals surface area contributed by atoms with Gasteiger partial charge < -0.3 is 9.32 Å². The molecule has 2 heterocycles. The topological polar surface area (TPSA) is 49.6 Å². The van der Waals surface area contributed by atoms with Crippen molar-refractivity contribution in [3.8, 4) is 0 Å². The zero-order valence-electron chi connectivity index (χ0n) is 15.0. The van der Waals surface area contributed by atoms with E-state index in [0.717, 1.165) is 26.6 Å². The van der Waals surface area contributed by atoms with Crippen molar-refractivity contribution < 1.29 is 9.21 Å². The van der Waals surface area contributed by atoms with E-state index in [4.69, 9.17) is 4.42 Å². The van der Waals surface area contributed by atoms with Gasteiger partial charge in [0.05, 0.1) is 10.2 Å². The molecule has 0 atom stereocenters. The minimum atomic E-state index is -0.175. The molecule has 2 aromatic carbocycles. The average Bonchev–Trinajstić information content (AvgIpc) is 3.24. The molecule has 0 fully saturated rings. The van der Waals surface area contributed by atoms with Gasteiger partial charge in [-0.2, -0.15) is 0 Å². The summed E-state index contributed by atoms with van der Waals surface area (Å²) in [5.74, 6) is 0.154. The van der Waals surface area contributed by atoms with Gasteiger partial charge in [0.15, 0.2) is 10.9 Å². The maximum absolute atomic E-state index is 13.2. The highest BCUT2D eigenvalue weighted by atomic mass is 79.9. The average molecular weight is 444 g/mol. The van der Waals surface area contributed by atoms with Crippen molar-refractivity contribution in [1.82, 2.24) is 9.88 Å². The van der Waals surface area contributed by atoms with Crippen LogP contribution in [0.1, 0.15) is 10.6 Å². The fraction of sp³-hybridized carbons (Fsp3) is 0.200. The predicted octanol–water partition coefficient (Wildman–Crippen LogP) is 5.01. The number of likely N-dealkylation sites (N-methyl/N-ethyl adjacent to an activating group) is 1. The summed E-state index contributed by atoms with van der Waals surface area (Å²) in [5.41, 5.74) is 1.59. The standard InChI is InChI=1S/C20H18BrN3O2S/c1-23(2)9-10-24(20-22-15-8-7-14(21)12-18(15)27-20)19(25)17-11-13-5-3-4-6-16(13)26-17/h3-8,11-12H,9-10H2,1-2H3. The van der Waals surface area contributed by atoms with E-state index in [1.54, 1.807) is 11.0 Å². The van der Waals surface area contributed by atoms with Gasteiger partial charge in [0.25, 0.3) is 5.91 Å². The first-order valence-electron chi connectivity index (χ1n) is 8.52. The van der Waals surface area contributed by atoms with Crippen molar-refractivity contribution in [2.75, 3.05) is 32.1 Å². The molecule has 27 heavy (non-hydrogen) atoms. The number of carbonyl (C=O) groups is 1. The Kier molecular flexibility index (Phi) is 4.99. The maximum Gasteiger partial charge on any atom is 0.295 e. The second-order valence-corrected chi connectivity index (χ2v) is 8.44. The van der Waals surface area contributed by atoms with E-state index in [2.05, 4.69) is 20.9 Å². The molecule has 0 N–H and O–H groups in total. The minimum Gasteiger partial charge on any atom is -0.451 e. The summed E-state index contributed by atoms with van der Waals surface area (Å²) in [4.78, 5) is 21.7. The summed E-state index contributed by atoms with van der Waals surface area (Å²) in [6.07, 6.45) is 0. The van der Waals surface area contributed by atoms with Crippen molar-refractivity contribution in [3.63, 3.8) is 0 Å². The molecule has 0 bridgehead atoms. The summed E-state index contributed by atoms with van der Waals surface area (Å²) in [6.45, 7) is 1.26. The smallest absolute Gasteiger partial charge is 0.295 e. The molecule has 0 saturated heterocycles. The molecule has 4 aromatic rings. The number of halogens is 1. The van der Waals surface area contributed by atoms with E-state index in [1.807, 2.05) is 61.5 Å². The summed E-state index contributed by atoms with van der Waals surface area (Å²) in [5, 5.41) is 1.59. The highest BCUT2D eigenvalue weighted by Crippen LogP contribution is 2.32. The van der Waals surface area contributed by atoms with Gasteiger partial charge in [-0.3, -0.25) is 9.69 Å². The molecule has 0 aliphatic rings. The van der Waals surface area contributed by atoms with Gasteiger partial charge in [-0.25, -0.2) is 4.98 Å². The number of amides is 1. The van der Waals surface area contributed by atoms with Crippen LogP contribution in [0.15, 0.2) is 57.4 Å². The van der Waals surface area contributed by atoms with E-state index in [0.29, 0.717) is 23.0 Å². The number of benzene rings is 2. The summed E-state index contributed by atoms with van der Waals surface area (Å²) in [6, 6.07) is 15.4. The normalized spacial score (nSPS) is 11.6. The maximum atomic E-state index is 13.2. The van der Waals surface area contributed by atoms with E-state index in [1.165, 1.54) is 11.3 Å². The van der Waals surface area contributed by atoms with Gasteiger partial charge in [-0.15, -0.1) is 0 Å². The molecule has 0 aliphatic heterocycles. The van der Waals surface area contributed by atoms with E-state index >= 15 is 0 Å².